The third-order valence-corrected chi connectivity index (χ3v) is 3.89. The minimum Gasteiger partial charge on any atom is -0.352 e. The minimum atomic E-state index is 0.148. The summed E-state index contributed by atoms with van der Waals surface area (Å²) in [6.07, 6.45) is 7.33. The van der Waals surface area contributed by atoms with Gasteiger partial charge >= 0.3 is 0 Å². The average Bonchev–Trinajstić information content (AvgIpc) is 2.63. The number of carbonyl (C=O) groups is 1. The van der Waals surface area contributed by atoms with E-state index in [1.165, 1.54) is 19.3 Å². The van der Waals surface area contributed by atoms with Gasteiger partial charge in [0.15, 0.2) is 0 Å². The molecule has 3 unspecified atom stereocenters. The van der Waals surface area contributed by atoms with Crippen LogP contribution in [0.3, 0.4) is 0 Å². The molecule has 1 amide bonds. The van der Waals surface area contributed by atoms with Gasteiger partial charge in [-0.3, -0.25) is 4.79 Å². The van der Waals surface area contributed by atoms with Crippen LogP contribution < -0.4 is 10.6 Å². The first kappa shape index (κ1) is 12.4. The molecule has 1 saturated carbocycles. The molecular weight excluding hydrogens is 214 g/mol. The topological polar surface area (TPSA) is 64.9 Å². The Balaban J connectivity index is 1.79. The van der Waals surface area contributed by atoms with E-state index in [4.69, 9.17) is 5.26 Å². The standard InChI is InChI=1S/C13H21N3O/c14-8-10-4-2-1-3-5-12(10)15-9-11-6-7-13(17)16-11/h10-12,15H,1-7,9H2,(H,16,17). The van der Waals surface area contributed by atoms with Gasteiger partial charge in [-0.25, -0.2) is 0 Å². The van der Waals surface area contributed by atoms with Gasteiger partial charge in [0.25, 0.3) is 0 Å². The molecule has 1 heterocycles. The Kier molecular flexibility index (Phi) is 4.38. The van der Waals surface area contributed by atoms with Gasteiger partial charge in [0, 0.05) is 25.0 Å². The van der Waals surface area contributed by atoms with E-state index >= 15 is 0 Å². The first-order valence-corrected chi connectivity index (χ1v) is 6.72. The van der Waals surface area contributed by atoms with Crippen LogP contribution in [0.4, 0.5) is 0 Å². The second kappa shape index (κ2) is 6.02. The number of rotatable bonds is 3. The molecule has 4 heteroatoms. The molecule has 0 aromatic rings. The predicted molar refractivity (Wildman–Crippen MR) is 65.1 cm³/mol. The third kappa shape index (κ3) is 3.44. The molecule has 4 nitrogen and oxygen atoms in total. The lowest BCUT2D eigenvalue weighted by Crippen LogP contribution is -2.43. The molecule has 1 saturated heterocycles. The van der Waals surface area contributed by atoms with Gasteiger partial charge in [0.2, 0.25) is 5.91 Å². The van der Waals surface area contributed by atoms with E-state index in [9.17, 15) is 4.79 Å². The summed E-state index contributed by atoms with van der Waals surface area (Å²) in [4.78, 5) is 11.1. The van der Waals surface area contributed by atoms with Crippen molar-refractivity contribution in [2.24, 2.45) is 5.92 Å². The van der Waals surface area contributed by atoms with Gasteiger partial charge in [0.1, 0.15) is 0 Å². The number of nitrogens with one attached hydrogen (secondary N) is 2. The first-order valence-electron chi connectivity index (χ1n) is 6.72. The van der Waals surface area contributed by atoms with Gasteiger partial charge in [-0.15, -0.1) is 0 Å². The van der Waals surface area contributed by atoms with E-state index in [2.05, 4.69) is 16.7 Å². The van der Waals surface area contributed by atoms with Gasteiger partial charge in [-0.05, 0) is 19.3 Å². The second-order valence-corrected chi connectivity index (χ2v) is 5.19. The lowest BCUT2D eigenvalue weighted by atomic mass is 9.96. The summed E-state index contributed by atoms with van der Waals surface area (Å²) < 4.78 is 0. The molecule has 2 rings (SSSR count). The average molecular weight is 235 g/mol. The number of nitriles is 1. The van der Waals surface area contributed by atoms with Crippen LogP contribution in [-0.2, 0) is 4.79 Å². The van der Waals surface area contributed by atoms with Crippen LogP contribution in [0.2, 0.25) is 0 Å². The fourth-order valence-corrected chi connectivity index (χ4v) is 2.83. The fourth-order valence-electron chi connectivity index (χ4n) is 2.83. The molecule has 0 spiro atoms. The highest BCUT2D eigenvalue weighted by Crippen LogP contribution is 2.23. The van der Waals surface area contributed by atoms with Crippen molar-refractivity contribution >= 4 is 5.91 Å². The number of carbonyl (C=O) groups excluding carboxylic acids is 1. The highest BCUT2D eigenvalue weighted by Gasteiger charge is 2.26. The Morgan fingerprint density at radius 3 is 2.82 bits per heavy atom. The first-order chi connectivity index (χ1) is 8.29. The SMILES string of the molecule is N#CC1CCCCCC1NCC1CCC(=O)N1. The maximum absolute atomic E-state index is 11.1. The summed E-state index contributed by atoms with van der Waals surface area (Å²) >= 11 is 0. The van der Waals surface area contributed by atoms with Crippen molar-refractivity contribution in [3.05, 3.63) is 0 Å². The molecular formula is C13H21N3O. The molecule has 94 valence electrons. The van der Waals surface area contributed by atoms with Crippen LogP contribution in [-0.4, -0.2) is 24.5 Å². The maximum atomic E-state index is 11.1. The largest absolute Gasteiger partial charge is 0.352 e. The zero-order chi connectivity index (χ0) is 12.1. The van der Waals surface area contributed by atoms with Crippen LogP contribution in [0.1, 0.15) is 44.9 Å². The van der Waals surface area contributed by atoms with Crippen molar-refractivity contribution in [2.75, 3.05) is 6.54 Å². The fraction of sp³-hybridized carbons (Fsp3) is 0.846. The number of amides is 1. The molecule has 1 aliphatic heterocycles. The van der Waals surface area contributed by atoms with Crippen molar-refractivity contribution in [1.29, 1.82) is 5.26 Å². The second-order valence-electron chi connectivity index (χ2n) is 5.19. The molecule has 17 heavy (non-hydrogen) atoms. The van der Waals surface area contributed by atoms with Crippen LogP contribution in [0.5, 0.6) is 0 Å². The van der Waals surface area contributed by atoms with E-state index in [0.717, 1.165) is 25.8 Å². The number of nitrogens with zero attached hydrogens (tertiary/aromatic N) is 1. The van der Waals surface area contributed by atoms with E-state index in [0.29, 0.717) is 12.5 Å². The Hall–Kier alpha value is -1.08. The predicted octanol–water partition coefficient (Wildman–Crippen LogP) is 1.33. The smallest absolute Gasteiger partial charge is 0.220 e. The zero-order valence-electron chi connectivity index (χ0n) is 10.2. The summed E-state index contributed by atoms with van der Waals surface area (Å²) in [7, 11) is 0. The Morgan fingerprint density at radius 1 is 1.29 bits per heavy atom. The lowest BCUT2D eigenvalue weighted by molar-refractivity contribution is -0.119. The van der Waals surface area contributed by atoms with Crippen molar-refractivity contribution in [3.63, 3.8) is 0 Å². The molecule has 3 atom stereocenters. The van der Waals surface area contributed by atoms with Crippen LogP contribution in [0.25, 0.3) is 0 Å². The van der Waals surface area contributed by atoms with E-state index < -0.39 is 0 Å². The summed E-state index contributed by atoms with van der Waals surface area (Å²) in [5, 5.41) is 15.6. The molecule has 0 radical (unpaired) electrons. The quantitative estimate of drug-likeness (QED) is 0.725. The van der Waals surface area contributed by atoms with Gasteiger partial charge in [-0.2, -0.15) is 5.26 Å². The van der Waals surface area contributed by atoms with Crippen molar-refractivity contribution < 1.29 is 4.79 Å². The number of hydrogen-bond donors (Lipinski definition) is 2. The van der Waals surface area contributed by atoms with Crippen molar-refractivity contribution in [2.45, 2.75) is 57.0 Å². The molecule has 0 bridgehead atoms. The monoisotopic (exact) mass is 235 g/mol. The third-order valence-electron chi connectivity index (χ3n) is 3.89. The summed E-state index contributed by atoms with van der Waals surface area (Å²) in [6.45, 7) is 0.814. The Bertz CT molecular complexity index is 310. The minimum absolute atomic E-state index is 0.148. The normalized spacial score (nSPS) is 33.8. The maximum Gasteiger partial charge on any atom is 0.220 e. The lowest BCUT2D eigenvalue weighted by Gasteiger charge is -2.22. The van der Waals surface area contributed by atoms with Crippen molar-refractivity contribution in [3.8, 4) is 6.07 Å². The zero-order valence-corrected chi connectivity index (χ0v) is 10.2. The Morgan fingerprint density at radius 2 is 2.12 bits per heavy atom. The molecule has 2 fully saturated rings. The van der Waals surface area contributed by atoms with E-state index in [-0.39, 0.29) is 17.9 Å². The van der Waals surface area contributed by atoms with Gasteiger partial charge in [0.05, 0.1) is 12.0 Å². The molecule has 2 aliphatic rings. The molecule has 2 N–H and O–H groups in total. The van der Waals surface area contributed by atoms with E-state index in [1.54, 1.807) is 0 Å². The highest BCUT2D eigenvalue weighted by atomic mass is 16.1. The summed E-state index contributed by atoms with van der Waals surface area (Å²) in [5.41, 5.74) is 0. The summed E-state index contributed by atoms with van der Waals surface area (Å²) in [5.74, 6) is 0.309. The van der Waals surface area contributed by atoms with E-state index in [1.807, 2.05) is 0 Å². The van der Waals surface area contributed by atoms with Crippen molar-refractivity contribution in [1.82, 2.24) is 10.6 Å². The summed E-state index contributed by atoms with van der Waals surface area (Å²) in [6, 6.07) is 3.02. The van der Waals surface area contributed by atoms with Gasteiger partial charge < -0.3 is 10.6 Å². The molecule has 1 aliphatic carbocycles. The van der Waals surface area contributed by atoms with Crippen LogP contribution in [0, 0.1) is 17.2 Å². The van der Waals surface area contributed by atoms with Crippen LogP contribution >= 0.6 is 0 Å². The Labute approximate surface area is 103 Å². The van der Waals surface area contributed by atoms with Crippen LogP contribution in [0.15, 0.2) is 0 Å². The number of hydrogen-bond acceptors (Lipinski definition) is 3. The van der Waals surface area contributed by atoms with Gasteiger partial charge in [-0.1, -0.05) is 19.3 Å². The molecule has 0 aromatic heterocycles. The molecule has 0 aromatic carbocycles. The highest BCUT2D eigenvalue weighted by molar-refractivity contribution is 5.78.